The zero-order valence-corrected chi connectivity index (χ0v) is 18.4. The maximum Gasteiger partial charge on any atom is 0.319 e. The Kier molecular flexibility index (Phi) is 6.99. The Morgan fingerprint density at radius 1 is 1.09 bits per heavy atom. The summed E-state index contributed by atoms with van der Waals surface area (Å²) in [5.74, 6) is -0.399. The molecule has 0 radical (unpaired) electrons. The molecule has 1 fully saturated rings. The standard InChI is InChI=1S/C24H27FN6O2/c1-16-13-22(20-7-2-3-8-21(20)27-16)30-23(32)26-10-12-31-11-9-19(15-31)29-24(33)28-18-6-4-5-17(25)14-18/h2-8,13-14,19H,9-12,15H2,1H3,(H2,28,29,33)(H2,26,27,30,32). The lowest BCUT2D eigenvalue weighted by molar-refractivity contribution is 0.247. The molecular weight excluding hydrogens is 423 g/mol. The molecule has 172 valence electrons. The number of likely N-dealkylation sites (tertiary alicyclic amines) is 1. The molecule has 1 unspecified atom stereocenters. The molecule has 2 aromatic carbocycles. The molecule has 0 aliphatic carbocycles. The molecule has 4 amide bonds. The Balaban J connectivity index is 1.19. The first-order valence-corrected chi connectivity index (χ1v) is 10.9. The maximum atomic E-state index is 13.2. The van der Waals surface area contributed by atoms with E-state index in [0.29, 0.717) is 25.3 Å². The van der Waals surface area contributed by atoms with Crippen LogP contribution in [-0.4, -0.2) is 54.2 Å². The van der Waals surface area contributed by atoms with Crippen molar-refractivity contribution in [1.29, 1.82) is 0 Å². The number of rotatable bonds is 6. The zero-order chi connectivity index (χ0) is 23.2. The van der Waals surface area contributed by atoms with Gasteiger partial charge in [-0.2, -0.15) is 0 Å². The van der Waals surface area contributed by atoms with Crippen molar-refractivity contribution >= 4 is 34.3 Å². The molecule has 4 N–H and O–H groups in total. The number of anilines is 2. The van der Waals surface area contributed by atoms with E-state index in [4.69, 9.17) is 0 Å². The van der Waals surface area contributed by atoms with Crippen LogP contribution in [-0.2, 0) is 0 Å². The fraction of sp³-hybridized carbons (Fsp3) is 0.292. The highest BCUT2D eigenvalue weighted by Crippen LogP contribution is 2.22. The first-order valence-electron chi connectivity index (χ1n) is 10.9. The van der Waals surface area contributed by atoms with Crippen molar-refractivity contribution < 1.29 is 14.0 Å². The van der Waals surface area contributed by atoms with E-state index in [9.17, 15) is 14.0 Å². The van der Waals surface area contributed by atoms with E-state index in [-0.39, 0.29) is 18.1 Å². The van der Waals surface area contributed by atoms with E-state index in [1.54, 1.807) is 12.1 Å². The number of aromatic nitrogens is 1. The third-order valence-corrected chi connectivity index (χ3v) is 5.50. The third-order valence-electron chi connectivity index (χ3n) is 5.50. The van der Waals surface area contributed by atoms with Gasteiger partial charge in [0.15, 0.2) is 0 Å². The summed E-state index contributed by atoms with van der Waals surface area (Å²) >= 11 is 0. The average Bonchev–Trinajstić information content (AvgIpc) is 3.20. The molecular formula is C24H27FN6O2. The first-order chi connectivity index (χ1) is 16.0. The number of nitrogens with one attached hydrogen (secondary N) is 4. The van der Waals surface area contributed by atoms with Crippen LogP contribution in [0.2, 0.25) is 0 Å². The SMILES string of the molecule is Cc1cc(NC(=O)NCCN2CCC(NC(=O)Nc3cccc(F)c3)C2)c2ccccc2n1. The molecule has 1 saturated heterocycles. The molecule has 8 nitrogen and oxygen atoms in total. The minimum Gasteiger partial charge on any atom is -0.337 e. The lowest BCUT2D eigenvalue weighted by Crippen LogP contribution is -2.41. The number of amides is 4. The molecule has 3 aromatic rings. The number of pyridine rings is 1. The summed E-state index contributed by atoms with van der Waals surface area (Å²) in [7, 11) is 0. The van der Waals surface area contributed by atoms with Crippen molar-refractivity contribution in [2.24, 2.45) is 0 Å². The van der Waals surface area contributed by atoms with Gasteiger partial charge in [0.1, 0.15) is 5.82 Å². The van der Waals surface area contributed by atoms with E-state index in [1.165, 1.54) is 12.1 Å². The highest BCUT2D eigenvalue weighted by molar-refractivity contribution is 6.00. The van der Waals surface area contributed by atoms with Gasteiger partial charge in [0.05, 0.1) is 11.2 Å². The number of aryl methyl sites for hydroxylation is 1. The van der Waals surface area contributed by atoms with Gasteiger partial charge in [-0.25, -0.2) is 14.0 Å². The molecule has 0 saturated carbocycles. The topological polar surface area (TPSA) is 98.4 Å². The van der Waals surface area contributed by atoms with Crippen molar-refractivity contribution in [1.82, 2.24) is 20.5 Å². The van der Waals surface area contributed by atoms with Crippen LogP contribution in [0.1, 0.15) is 12.1 Å². The van der Waals surface area contributed by atoms with Gasteiger partial charge >= 0.3 is 12.1 Å². The highest BCUT2D eigenvalue weighted by Gasteiger charge is 2.23. The van der Waals surface area contributed by atoms with Gasteiger partial charge in [-0.1, -0.05) is 24.3 Å². The van der Waals surface area contributed by atoms with E-state index in [1.807, 2.05) is 37.3 Å². The summed E-state index contributed by atoms with van der Waals surface area (Å²) < 4.78 is 13.2. The predicted molar refractivity (Wildman–Crippen MR) is 127 cm³/mol. The lowest BCUT2D eigenvalue weighted by Gasteiger charge is -2.17. The van der Waals surface area contributed by atoms with Crippen LogP contribution in [0, 0.1) is 12.7 Å². The number of carbonyl (C=O) groups is 2. The van der Waals surface area contributed by atoms with Crippen molar-refractivity contribution in [3.63, 3.8) is 0 Å². The fourth-order valence-electron chi connectivity index (χ4n) is 3.98. The second kappa shape index (κ2) is 10.3. The number of nitrogens with zero attached hydrogens (tertiary/aromatic N) is 2. The molecule has 9 heteroatoms. The van der Waals surface area contributed by atoms with Crippen LogP contribution >= 0.6 is 0 Å². The van der Waals surface area contributed by atoms with Crippen LogP contribution in [0.15, 0.2) is 54.6 Å². The number of hydrogen-bond acceptors (Lipinski definition) is 4. The van der Waals surface area contributed by atoms with Crippen LogP contribution in [0.25, 0.3) is 10.9 Å². The van der Waals surface area contributed by atoms with Gasteiger partial charge in [0, 0.05) is 49.0 Å². The molecule has 33 heavy (non-hydrogen) atoms. The van der Waals surface area contributed by atoms with Crippen LogP contribution in [0.4, 0.5) is 25.4 Å². The monoisotopic (exact) mass is 450 g/mol. The van der Waals surface area contributed by atoms with Gasteiger partial charge < -0.3 is 21.3 Å². The Morgan fingerprint density at radius 3 is 2.79 bits per heavy atom. The van der Waals surface area contributed by atoms with Gasteiger partial charge in [0.25, 0.3) is 0 Å². The summed E-state index contributed by atoms with van der Waals surface area (Å²) in [5.41, 5.74) is 2.81. The Hall–Kier alpha value is -3.72. The van der Waals surface area contributed by atoms with E-state index < -0.39 is 5.82 Å². The molecule has 0 spiro atoms. The first kappa shape index (κ1) is 22.5. The van der Waals surface area contributed by atoms with Crippen molar-refractivity contribution in [3.05, 3.63) is 66.1 Å². The molecule has 1 atom stereocenters. The fourth-order valence-corrected chi connectivity index (χ4v) is 3.98. The quantitative estimate of drug-likeness (QED) is 0.460. The number of halogens is 1. The Bertz CT molecular complexity index is 1150. The number of urea groups is 2. The third kappa shape index (κ3) is 6.17. The van der Waals surface area contributed by atoms with Gasteiger partial charge in [0.2, 0.25) is 0 Å². The maximum absolute atomic E-state index is 13.2. The highest BCUT2D eigenvalue weighted by atomic mass is 19.1. The molecule has 1 aromatic heterocycles. The lowest BCUT2D eigenvalue weighted by atomic mass is 10.1. The second-order valence-corrected chi connectivity index (χ2v) is 8.10. The van der Waals surface area contributed by atoms with Gasteiger partial charge in [-0.3, -0.25) is 9.88 Å². The largest absolute Gasteiger partial charge is 0.337 e. The summed E-state index contributed by atoms with van der Waals surface area (Å²) in [6.45, 7) is 4.56. The second-order valence-electron chi connectivity index (χ2n) is 8.10. The summed E-state index contributed by atoms with van der Waals surface area (Å²) in [6.07, 6.45) is 0.811. The zero-order valence-electron chi connectivity index (χ0n) is 18.4. The van der Waals surface area contributed by atoms with Crippen molar-refractivity contribution in [2.45, 2.75) is 19.4 Å². The molecule has 1 aliphatic heterocycles. The Labute approximate surface area is 191 Å². The average molecular weight is 451 g/mol. The van der Waals surface area contributed by atoms with Crippen LogP contribution in [0.3, 0.4) is 0 Å². The summed E-state index contributed by atoms with van der Waals surface area (Å²) in [6, 6.07) is 14.7. The van der Waals surface area contributed by atoms with Crippen molar-refractivity contribution in [3.8, 4) is 0 Å². The smallest absolute Gasteiger partial charge is 0.319 e. The number of para-hydroxylation sites is 1. The number of hydrogen-bond donors (Lipinski definition) is 4. The molecule has 4 rings (SSSR count). The van der Waals surface area contributed by atoms with Crippen LogP contribution < -0.4 is 21.3 Å². The number of carbonyl (C=O) groups excluding carboxylic acids is 2. The van der Waals surface area contributed by atoms with Crippen LogP contribution in [0.5, 0.6) is 0 Å². The van der Waals surface area contributed by atoms with Gasteiger partial charge in [-0.05, 0) is 43.7 Å². The number of fused-ring (bicyclic) bond motifs is 1. The summed E-state index contributed by atoms with van der Waals surface area (Å²) in [4.78, 5) is 31.2. The minimum atomic E-state index is -0.399. The molecule has 1 aliphatic rings. The molecule has 0 bridgehead atoms. The Morgan fingerprint density at radius 2 is 1.94 bits per heavy atom. The predicted octanol–water partition coefficient (Wildman–Crippen LogP) is 3.70. The van der Waals surface area contributed by atoms with E-state index >= 15 is 0 Å². The van der Waals surface area contributed by atoms with Gasteiger partial charge in [-0.15, -0.1) is 0 Å². The van der Waals surface area contributed by atoms with Crippen molar-refractivity contribution in [2.75, 3.05) is 36.8 Å². The summed E-state index contributed by atoms with van der Waals surface area (Å²) in [5, 5.41) is 12.2. The van der Waals surface area contributed by atoms with E-state index in [0.717, 1.165) is 35.2 Å². The number of benzene rings is 2. The minimum absolute atomic E-state index is 0.00135. The van der Waals surface area contributed by atoms with E-state index in [2.05, 4.69) is 31.2 Å². The normalized spacial score (nSPS) is 15.9. The molecule has 2 heterocycles.